The molecular weight excluding hydrogens is 445 g/mol. The Balaban J connectivity index is 0.00000385. The molecule has 5 nitrogen and oxygen atoms in total. The van der Waals surface area contributed by atoms with Gasteiger partial charge in [0, 0.05) is 17.7 Å². The zero-order valence-electron chi connectivity index (χ0n) is 19.2. The van der Waals surface area contributed by atoms with Gasteiger partial charge in [-0.3, -0.25) is 0 Å². The van der Waals surface area contributed by atoms with Gasteiger partial charge in [0.15, 0.2) is 23.0 Å². The molecule has 3 rings (SSSR count). The standard InChI is InChI=1S/C26H30FNO4.ClH/c1-4-31-24-11-7-9-20(26(24)32-18-21-8-5-6-10-22(21)27)17-28-15-14-19-12-13-23(29-2)25(16-19)30-3;/h5-13,16,28H,4,14-15,17-18H2,1-3H3;1H. The van der Waals surface area contributed by atoms with Crippen molar-refractivity contribution in [3.63, 3.8) is 0 Å². The van der Waals surface area contributed by atoms with E-state index < -0.39 is 0 Å². The fourth-order valence-corrected chi connectivity index (χ4v) is 3.39. The highest BCUT2D eigenvalue weighted by Crippen LogP contribution is 2.32. The summed E-state index contributed by atoms with van der Waals surface area (Å²) in [4.78, 5) is 0. The highest BCUT2D eigenvalue weighted by Gasteiger charge is 2.13. The number of benzene rings is 3. The van der Waals surface area contributed by atoms with Crippen LogP contribution in [0.1, 0.15) is 23.6 Å². The number of ether oxygens (including phenoxy) is 4. The van der Waals surface area contributed by atoms with E-state index in [0.29, 0.717) is 36.0 Å². The van der Waals surface area contributed by atoms with E-state index in [4.69, 9.17) is 18.9 Å². The van der Waals surface area contributed by atoms with E-state index in [1.165, 1.54) is 6.07 Å². The Bertz CT molecular complexity index is 1020. The fourth-order valence-electron chi connectivity index (χ4n) is 3.39. The Hall–Kier alpha value is -2.96. The number of para-hydroxylation sites is 1. The molecule has 7 heteroatoms. The van der Waals surface area contributed by atoms with Crippen molar-refractivity contribution in [3.8, 4) is 23.0 Å². The van der Waals surface area contributed by atoms with Gasteiger partial charge in [-0.15, -0.1) is 12.4 Å². The number of methoxy groups -OCH3 is 2. The fraction of sp³-hybridized carbons (Fsp3) is 0.308. The molecule has 0 amide bonds. The molecule has 0 aliphatic heterocycles. The lowest BCUT2D eigenvalue weighted by atomic mass is 10.1. The molecule has 1 N–H and O–H groups in total. The molecule has 0 bridgehead atoms. The van der Waals surface area contributed by atoms with E-state index in [1.54, 1.807) is 32.4 Å². The Morgan fingerprint density at radius 2 is 1.58 bits per heavy atom. The average Bonchev–Trinajstić information content (AvgIpc) is 2.82. The molecule has 0 radical (unpaired) electrons. The Kier molecular flexibility index (Phi) is 10.8. The van der Waals surface area contributed by atoms with Crippen molar-refractivity contribution in [3.05, 3.63) is 83.2 Å². The molecule has 178 valence electrons. The van der Waals surface area contributed by atoms with Crippen molar-refractivity contribution >= 4 is 12.4 Å². The van der Waals surface area contributed by atoms with Gasteiger partial charge in [-0.25, -0.2) is 4.39 Å². The molecule has 0 atom stereocenters. The van der Waals surface area contributed by atoms with Crippen molar-refractivity contribution in [2.24, 2.45) is 0 Å². The maximum atomic E-state index is 14.0. The van der Waals surface area contributed by atoms with Gasteiger partial charge in [-0.2, -0.15) is 0 Å². The Morgan fingerprint density at radius 1 is 0.818 bits per heavy atom. The second kappa shape index (κ2) is 13.6. The van der Waals surface area contributed by atoms with Crippen LogP contribution in [0.15, 0.2) is 60.7 Å². The number of nitrogens with one attached hydrogen (secondary N) is 1. The number of rotatable bonds is 12. The molecule has 0 aliphatic carbocycles. The summed E-state index contributed by atoms with van der Waals surface area (Å²) in [5.41, 5.74) is 2.61. The first kappa shape index (κ1) is 26.3. The van der Waals surface area contributed by atoms with Gasteiger partial charge >= 0.3 is 0 Å². The topological polar surface area (TPSA) is 49.0 Å². The van der Waals surface area contributed by atoms with E-state index >= 15 is 0 Å². The minimum Gasteiger partial charge on any atom is -0.493 e. The maximum absolute atomic E-state index is 14.0. The first-order valence-corrected chi connectivity index (χ1v) is 10.7. The molecular formula is C26H31ClFNO4. The lowest BCUT2D eigenvalue weighted by Gasteiger charge is -2.17. The van der Waals surface area contributed by atoms with Gasteiger partial charge in [0.2, 0.25) is 0 Å². The highest BCUT2D eigenvalue weighted by atomic mass is 35.5. The third-order valence-corrected chi connectivity index (χ3v) is 5.04. The summed E-state index contributed by atoms with van der Waals surface area (Å²) in [7, 11) is 3.26. The molecule has 3 aromatic rings. The minimum atomic E-state index is -0.281. The monoisotopic (exact) mass is 475 g/mol. The van der Waals surface area contributed by atoms with Crippen molar-refractivity contribution in [1.29, 1.82) is 0 Å². The summed E-state index contributed by atoms with van der Waals surface area (Å²) in [6.07, 6.45) is 0.830. The van der Waals surface area contributed by atoms with Crippen LogP contribution in [0, 0.1) is 5.82 Å². The van der Waals surface area contributed by atoms with Crippen LogP contribution in [0.4, 0.5) is 4.39 Å². The molecule has 0 unspecified atom stereocenters. The van der Waals surface area contributed by atoms with E-state index in [2.05, 4.69) is 5.32 Å². The largest absolute Gasteiger partial charge is 0.493 e. The molecule has 0 saturated heterocycles. The molecule has 0 aromatic heterocycles. The second-order valence-electron chi connectivity index (χ2n) is 7.17. The smallest absolute Gasteiger partial charge is 0.166 e. The van der Waals surface area contributed by atoms with Crippen molar-refractivity contribution in [2.75, 3.05) is 27.4 Å². The lowest BCUT2D eigenvalue weighted by molar-refractivity contribution is 0.262. The van der Waals surface area contributed by atoms with Crippen molar-refractivity contribution in [1.82, 2.24) is 5.32 Å². The third-order valence-electron chi connectivity index (χ3n) is 5.04. The third kappa shape index (κ3) is 7.27. The SMILES string of the molecule is CCOc1cccc(CNCCc2ccc(OC)c(OC)c2)c1OCc1ccccc1F.Cl. The predicted molar refractivity (Wildman–Crippen MR) is 131 cm³/mol. The van der Waals surface area contributed by atoms with Crippen molar-refractivity contribution in [2.45, 2.75) is 26.5 Å². The summed E-state index contributed by atoms with van der Waals surface area (Å²) < 4.78 is 36.4. The van der Waals surface area contributed by atoms with Crippen LogP contribution in [0.3, 0.4) is 0 Å². The van der Waals surface area contributed by atoms with Crippen LogP contribution in [-0.2, 0) is 19.6 Å². The van der Waals surface area contributed by atoms with E-state index in [-0.39, 0.29) is 24.8 Å². The summed E-state index contributed by atoms with van der Waals surface area (Å²) in [6, 6.07) is 18.3. The molecule has 0 spiro atoms. The van der Waals surface area contributed by atoms with Crippen LogP contribution in [-0.4, -0.2) is 27.4 Å². The van der Waals surface area contributed by atoms with Crippen molar-refractivity contribution < 1.29 is 23.3 Å². The van der Waals surface area contributed by atoms with E-state index in [0.717, 1.165) is 29.8 Å². The van der Waals surface area contributed by atoms with Crippen LogP contribution in [0.25, 0.3) is 0 Å². The van der Waals surface area contributed by atoms with Gasteiger partial charge in [0.1, 0.15) is 12.4 Å². The van der Waals surface area contributed by atoms with E-state index in [9.17, 15) is 4.39 Å². The number of hydrogen-bond acceptors (Lipinski definition) is 5. The molecule has 0 saturated carbocycles. The second-order valence-corrected chi connectivity index (χ2v) is 7.17. The quantitative estimate of drug-likeness (QED) is 0.347. The van der Waals surface area contributed by atoms with Crippen LogP contribution >= 0.6 is 12.4 Å². The van der Waals surface area contributed by atoms with Gasteiger partial charge in [0.05, 0.1) is 20.8 Å². The van der Waals surface area contributed by atoms with E-state index in [1.807, 2.05) is 43.3 Å². The zero-order valence-corrected chi connectivity index (χ0v) is 20.0. The first-order valence-electron chi connectivity index (χ1n) is 10.7. The molecule has 3 aromatic carbocycles. The van der Waals surface area contributed by atoms with Gasteiger partial charge in [-0.05, 0) is 49.7 Å². The maximum Gasteiger partial charge on any atom is 0.166 e. The summed E-state index contributed by atoms with van der Waals surface area (Å²) in [5, 5.41) is 3.45. The first-order chi connectivity index (χ1) is 15.7. The minimum absolute atomic E-state index is 0. The normalized spacial score (nSPS) is 10.3. The summed E-state index contributed by atoms with van der Waals surface area (Å²) in [6.45, 7) is 3.94. The van der Waals surface area contributed by atoms with Crippen LogP contribution in [0.5, 0.6) is 23.0 Å². The molecule has 0 aliphatic rings. The molecule has 0 heterocycles. The number of halogens is 2. The zero-order chi connectivity index (χ0) is 22.8. The van der Waals surface area contributed by atoms with Gasteiger partial charge < -0.3 is 24.3 Å². The molecule has 0 fully saturated rings. The summed E-state index contributed by atoms with van der Waals surface area (Å²) >= 11 is 0. The van der Waals surface area contributed by atoms with Crippen LogP contribution < -0.4 is 24.3 Å². The lowest BCUT2D eigenvalue weighted by Crippen LogP contribution is -2.17. The molecule has 33 heavy (non-hydrogen) atoms. The van der Waals surface area contributed by atoms with Crippen LogP contribution in [0.2, 0.25) is 0 Å². The predicted octanol–water partition coefficient (Wildman–Crippen LogP) is 5.57. The Morgan fingerprint density at radius 3 is 2.30 bits per heavy atom. The summed E-state index contributed by atoms with van der Waals surface area (Å²) in [5.74, 6) is 2.45. The average molecular weight is 476 g/mol. The highest BCUT2D eigenvalue weighted by molar-refractivity contribution is 5.85. The number of hydrogen-bond donors (Lipinski definition) is 1. The van der Waals surface area contributed by atoms with Gasteiger partial charge in [0.25, 0.3) is 0 Å². The van der Waals surface area contributed by atoms with Gasteiger partial charge in [-0.1, -0.05) is 36.4 Å². The Labute approximate surface area is 201 Å².